The van der Waals surface area contributed by atoms with Crippen LogP contribution in [0.15, 0.2) is 146 Å². The standard InChI is InChI=1S/C57H46Si/c1-35-13-12-17-38-30-42(26-27-43(35)38)56-48-21-10-11-22-49(48)57(41-24-23-36-14-4-5-15-37(36)29-41)53-34-55-51(33-52(53)56)47-28-25-40(32-54(47)58(55,2)3)50-31-39-16-6-7-18-44(39)45-19-8-9-20-46(45)50/h4-9,14-16,18-35H,10-13,17H2,1-3H3. The zero-order valence-electron chi connectivity index (χ0n) is 33.6. The molecular weight excluding hydrogens is 713 g/mol. The fraction of sp³-hybridized carbons (Fsp3) is 0.158. The third-order valence-corrected chi connectivity index (χ3v) is 17.7. The van der Waals surface area contributed by atoms with E-state index in [4.69, 9.17) is 0 Å². The van der Waals surface area contributed by atoms with Crippen molar-refractivity contribution in [2.24, 2.45) is 0 Å². The number of hydrogen-bond acceptors (Lipinski definition) is 0. The third kappa shape index (κ3) is 4.99. The van der Waals surface area contributed by atoms with Crippen LogP contribution in [0.1, 0.15) is 49.7 Å². The van der Waals surface area contributed by atoms with Crippen molar-refractivity contribution < 1.29 is 0 Å². The predicted octanol–water partition coefficient (Wildman–Crippen LogP) is 12.9. The van der Waals surface area contributed by atoms with Crippen molar-refractivity contribution in [2.75, 3.05) is 0 Å². The van der Waals surface area contributed by atoms with Crippen LogP contribution in [0.3, 0.4) is 0 Å². The second-order valence-corrected chi connectivity index (χ2v) is 22.2. The van der Waals surface area contributed by atoms with E-state index in [0.29, 0.717) is 5.92 Å². The molecule has 1 atom stereocenters. The minimum absolute atomic E-state index is 0.628. The molecule has 0 nitrogen and oxygen atoms in total. The lowest BCUT2D eigenvalue weighted by atomic mass is 9.80. The van der Waals surface area contributed by atoms with Gasteiger partial charge in [0.15, 0.2) is 0 Å². The first kappa shape index (κ1) is 34.1. The van der Waals surface area contributed by atoms with Gasteiger partial charge < -0.3 is 0 Å². The summed E-state index contributed by atoms with van der Waals surface area (Å²) < 4.78 is 0. The Hall–Kier alpha value is -6.02. The van der Waals surface area contributed by atoms with Gasteiger partial charge in [-0.25, -0.2) is 0 Å². The van der Waals surface area contributed by atoms with Crippen molar-refractivity contribution in [3.8, 4) is 44.5 Å². The third-order valence-electron chi connectivity index (χ3n) is 14.2. The molecule has 3 aliphatic rings. The molecule has 2 aliphatic carbocycles. The van der Waals surface area contributed by atoms with E-state index in [1.807, 2.05) is 0 Å². The van der Waals surface area contributed by atoms with Gasteiger partial charge in [-0.15, -0.1) is 0 Å². The number of benzene rings is 9. The minimum atomic E-state index is -2.13. The average molecular weight is 759 g/mol. The van der Waals surface area contributed by atoms with Gasteiger partial charge >= 0.3 is 0 Å². The summed E-state index contributed by atoms with van der Waals surface area (Å²) in [6.07, 6.45) is 11.0. The summed E-state index contributed by atoms with van der Waals surface area (Å²) >= 11 is 0. The normalized spacial score (nSPS) is 16.4. The molecule has 1 aliphatic heterocycles. The molecule has 0 bridgehead atoms. The number of rotatable bonds is 3. The molecule has 0 saturated carbocycles. The second-order valence-electron chi connectivity index (χ2n) is 17.9. The van der Waals surface area contributed by atoms with Crippen molar-refractivity contribution >= 4 is 73.7 Å². The Labute approximate surface area is 341 Å². The summed E-state index contributed by atoms with van der Waals surface area (Å²) in [4.78, 5) is 0. The molecule has 1 heteroatoms. The van der Waals surface area contributed by atoms with Crippen LogP contribution in [0.5, 0.6) is 0 Å². The van der Waals surface area contributed by atoms with Crippen LogP contribution >= 0.6 is 0 Å². The van der Waals surface area contributed by atoms with Crippen molar-refractivity contribution in [2.45, 2.75) is 58.0 Å². The topological polar surface area (TPSA) is 0 Å². The first-order valence-electron chi connectivity index (χ1n) is 21.4. The van der Waals surface area contributed by atoms with E-state index >= 15 is 0 Å². The SMILES string of the molecule is CC1CCCc2cc(-c3c4c(c(-c5ccc6ccccc6c5)c5cc6c(cc35)-c3ccc(-c5cc7ccccc7c7ccccc57)cc3[Si]6(C)C)=CCCC=4)ccc21. The quantitative estimate of drug-likeness (QED) is 0.124. The van der Waals surface area contributed by atoms with Crippen LogP contribution in [-0.2, 0) is 6.42 Å². The molecule has 9 aromatic carbocycles. The smallest absolute Gasteiger partial charge is 0.0757 e. The highest BCUT2D eigenvalue weighted by atomic mass is 28.3. The summed E-state index contributed by atoms with van der Waals surface area (Å²) in [7, 11) is -2.13. The molecule has 12 rings (SSSR count). The van der Waals surface area contributed by atoms with Crippen LogP contribution < -0.4 is 20.8 Å². The molecule has 0 fully saturated rings. The molecule has 1 heterocycles. The fourth-order valence-corrected chi connectivity index (χ4v) is 14.4. The van der Waals surface area contributed by atoms with Gasteiger partial charge in [-0.1, -0.05) is 160 Å². The van der Waals surface area contributed by atoms with Gasteiger partial charge in [0, 0.05) is 0 Å². The lowest BCUT2D eigenvalue weighted by Crippen LogP contribution is -2.49. The van der Waals surface area contributed by atoms with Gasteiger partial charge in [0.2, 0.25) is 0 Å². The van der Waals surface area contributed by atoms with E-state index < -0.39 is 8.07 Å². The van der Waals surface area contributed by atoms with Crippen molar-refractivity contribution in [1.82, 2.24) is 0 Å². The molecule has 0 spiro atoms. The first-order valence-corrected chi connectivity index (χ1v) is 24.4. The molecule has 0 amide bonds. The van der Waals surface area contributed by atoms with Crippen molar-refractivity contribution in [1.29, 1.82) is 0 Å². The largest absolute Gasteiger partial charge is 0.113 e. The Kier molecular flexibility index (Phi) is 7.48. The van der Waals surface area contributed by atoms with Gasteiger partial charge in [0.05, 0.1) is 0 Å². The lowest BCUT2D eigenvalue weighted by molar-refractivity contribution is 0.590. The van der Waals surface area contributed by atoms with Crippen LogP contribution in [0.2, 0.25) is 13.1 Å². The molecule has 0 N–H and O–H groups in total. The van der Waals surface area contributed by atoms with Crippen molar-refractivity contribution in [3.05, 3.63) is 167 Å². The fourth-order valence-electron chi connectivity index (χ4n) is 11.3. The Balaban J connectivity index is 1.14. The van der Waals surface area contributed by atoms with Gasteiger partial charge in [0.25, 0.3) is 0 Å². The molecule has 0 radical (unpaired) electrons. The lowest BCUT2D eigenvalue weighted by Gasteiger charge is -2.25. The number of fused-ring (bicyclic) bond motifs is 10. The van der Waals surface area contributed by atoms with Gasteiger partial charge in [-0.05, 0) is 176 Å². The Morgan fingerprint density at radius 2 is 1.10 bits per heavy atom. The van der Waals surface area contributed by atoms with E-state index in [9.17, 15) is 0 Å². The Bertz CT molecular complexity index is 3360. The molecule has 0 aromatic heterocycles. The maximum Gasteiger partial charge on any atom is 0.113 e. The molecule has 278 valence electrons. The highest BCUT2D eigenvalue weighted by Crippen LogP contribution is 2.42. The monoisotopic (exact) mass is 758 g/mol. The Morgan fingerprint density at radius 3 is 1.91 bits per heavy atom. The zero-order valence-corrected chi connectivity index (χ0v) is 34.6. The number of hydrogen-bond donors (Lipinski definition) is 0. The van der Waals surface area contributed by atoms with E-state index in [2.05, 4.69) is 178 Å². The van der Waals surface area contributed by atoms with Crippen LogP contribution in [0.4, 0.5) is 0 Å². The van der Waals surface area contributed by atoms with E-state index in [1.165, 1.54) is 117 Å². The predicted molar refractivity (Wildman–Crippen MR) is 254 cm³/mol. The maximum atomic E-state index is 2.67. The van der Waals surface area contributed by atoms with Crippen molar-refractivity contribution in [3.63, 3.8) is 0 Å². The first-order chi connectivity index (χ1) is 28.4. The zero-order chi connectivity index (χ0) is 38.7. The molecule has 58 heavy (non-hydrogen) atoms. The summed E-state index contributed by atoms with van der Waals surface area (Å²) in [6.45, 7) is 7.59. The maximum absolute atomic E-state index is 2.67. The van der Waals surface area contributed by atoms with E-state index in [-0.39, 0.29) is 0 Å². The van der Waals surface area contributed by atoms with E-state index in [0.717, 1.165) is 12.8 Å². The van der Waals surface area contributed by atoms with E-state index in [1.54, 1.807) is 21.5 Å². The van der Waals surface area contributed by atoms with Gasteiger partial charge in [0.1, 0.15) is 8.07 Å². The van der Waals surface area contributed by atoms with Gasteiger partial charge in [-0.3, -0.25) is 0 Å². The summed E-state index contributed by atoms with van der Waals surface area (Å²) in [5.41, 5.74) is 14.1. The number of aryl methyl sites for hydroxylation is 1. The summed E-state index contributed by atoms with van der Waals surface area (Å²) in [5, 5.41) is 16.6. The summed E-state index contributed by atoms with van der Waals surface area (Å²) in [6, 6.07) is 56.4. The highest BCUT2D eigenvalue weighted by molar-refractivity contribution is 7.04. The van der Waals surface area contributed by atoms with Crippen LogP contribution in [0.25, 0.3) is 99.7 Å². The van der Waals surface area contributed by atoms with Crippen LogP contribution in [0, 0.1) is 0 Å². The van der Waals surface area contributed by atoms with Crippen LogP contribution in [-0.4, -0.2) is 8.07 Å². The molecule has 0 saturated heterocycles. The molecule has 9 aromatic rings. The average Bonchev–Trinajstić information content (AvgIpc) is 3.48. The summed E-state index contributed by atoms with van der Waals surface area (Å²) in [5.74, 6) is 0.628. The minimum Gasteiger partial charge on any atom is -0.0757 e. The molecular formula is C57H46Si. The molecule has 1 unspecified atom stereocenters. The second kappa shape index (κ2) is 12.7. The highest BCUT2D eigenvalue weighted by Gasteiger charge is 2.39. The van der Waals surface area contributed by atoms with Gasteiger partial charge in [-0.2, -0.15) is 0 Å². The Morgan fingerprint density at radius 1 is 0.466 bits per heavy atom.